The molecule has 0 amide bonds. The van der Waals surface area contributed by atoms with Crippen LogP contribution in [0, 0.1) is 0 Å². The Bertz CT molecular complexity index is 1430. The minimum atomic E-state index is -0.228. The van der Waals surface area contributed by atoms with Gasteiger partial charge in [0, 0.05) is 28.3 Å². The average molecular weight is 429 g/mol. The van der Waals surface area contributed by atoms with E-state index in [1.165, 1.54) is 10.6 Å². The van der Waals surface area contributed by atoms with E-state index >= 15 is 0 Å². The molecule has 4 rings (SSSR count). The molecule has 0 spiro atoms. The van der Waals surface area contributed by atoms with Gasteiger partial charge in [0.1, 0.15) is 11.5 Å². The Balaban J connectivity index is 1.75. The lowest BCUT2D eigenvalue weighted by atomic mass is 10.1. The number of hydrogen-bond acceptors (Lipinski definition) is 6. The van der Waals surface area contributed by atoms with E-state index in [4.69, 9.17) is 26.6 Å². The summed E-state index contributed by atoms with van der Waals surface area (Å²) in [7, 11) is 0. The molecule has 0 bridgehead atoms. The van der Waals surface area contributed by atoms with Gasteiger partial charge >= 0.3 is 0 Å². The van der Waals surface area contributed by atoms with E-state index in [0.717, 1.165) is 5.39 Å². The number of pyridine rings is 1. The number of amidine groups is 2. The molecule has 0 aliphatic heterocycles. The lowest BCUT2D eigenvalue weighted by molar-refractivity contribution is 0.318. The minimum Gasteiger partial charge on any atom is -0.457 e. The Hall–Kier alpha value is -4.79. The zero-order chi connectivity index (χ0) is 22.7. The van der Waals surface area contributed by atoms with Crippen molar-refractivity contribution in [1.82, 2.24) is 4.57 Å². The SMILES string of the molecule is NC(=NO)c1cccc(Oc2ccc3c(ccc(=O)n3-c3cccc(C(N)=NO)c3)c2)c1. The van der Waals surface area contributed by atoms with Gasteiger partial charge in [-0.1, -0.05) is 34.6 Å². The molecule has 4 aromatic rings. The molecule has 3 aromatic carbocycles. The maximum atomic E-state index is 12.7. The first-order valence-corrected chi connectivity index (χ1v) is 9.50. The molecule has 9 nitrogen and oxygen atoms in total. The molecule has 1 aromatic heterocycles. The van der Waals surface area contributed by atoms with E-state index in [1.807, 2.05) is 0 Å². The quantitative estimate of drug-likeness (QED) is 0.166. The minimum absolute atomic E-state index is 0.0212. The molecule has 0 fully saturated rings. The Kier molecular flexibility index (Phi) is 5.45. The van der Waals surface area contributed by atoms with Gasteiger partial charge < -0.3 is 26.6 Å². The number of benzene rings is 3. The van der Waals surface area contributed by atoms with Crippen LogP contribution in [0.1, 0.15) is 11.1 Å². The van der Waals surface area contributed by atoms with Crippen LogP contribution in [-0.2, 0) is 0 Å². The van der Waals surface area contributed by atoms with Crippen LogP contribution in [0.25, 0.3) is 16.6 Å². The molecule has 0 saturated heterocycles. The lowest BCUT2D eigenvalue weighted by Gasteiger charge is -2.13. The third kappa shape index (κ3) is 3.94. The molecule has 0 aliphatic carbocycles. The summed E-state index contributed by atoms with van der Waals surface area (Å²) in [5.41, 5.74) is 13.3. The number of hydrogen-bond donors (Lipinski definition) is 4. The highest BCUT2D eigenvalue weighted by Gasteiger charge is 2.10. The molecule has 0 radical (unpaired) electrons. The summed E-state index contributed by atoms with van der Waals surface area (Å²) in [4.78, 5) is 12.7. The fourth-order valence-electron chi connectivity index (χ4n) is 3.33. The predicted octanol–water partition coefficient (Wildman–Crippen LogP) is 2.97. The van der Waals surface area contributed by atoms with Crippen molar-refractivity contribution < 1.29 is 15.2 Å². The van der Waals surface area contributed by atoms with Crippen LogP contribution in [0.15, 0.2) is 94.0 Å². The van der Waals surface area contributed by atoms with Gasteiger partial charge in [-0.2, -0.15) is 0 Å². The number of ether oxygens (including phenoxy) is 1. The summed E-state index contributed by atoms with van der Waals surface area (Å²) in [6, 6.07) is 22.1. The molecule has 32 heavy (non-hydrogen) atoms. The van der Waals surface area contributed by atoms with Crippen molar-refractivity contribution in [1.29, 1.82) is 0 Å². The van der Waals surface area contributed by atoms with E-state index in [0.29, 0.717) is 33.8 Å². The first-order chi connectivity index (χ1) is 15.5. The summed E-state index contributed by atoms with van der Waals surface area (Å²) in [6.45, 7) is 0. The number of aromatic nitrogens is 1. The standard InChI is InChI=1S/C23H19N5O4/c24-22(26-30)15-3-1-5-17(11-15)28-20-9-8-19(12-14(20)7-10-21(28)29)32-18-6-2-4-16(13-18)23(25)27-31/h1-13,30-31H,(H2,24,26)(H2,25,27). The molecule has 160 valence electrons. The van der Waals surface area contributed by atoms with Crippen LogP contribution < -0.4 is 21.8 Å². The van der Waals surface area contributed by atoms with Crippen molar-refractivity contribution in [2.45, 2.75) is 0 Å². The topological polar surface area (TPSA) is 148 Å². The molecular weight excluding hydrogens is 410 g/mol. The monoisotopic (exact) mass is 429 g/mol. The van der Waals surface area contributed by atoms with Gasteiger partial charge in [0.2, 0.25) is 0 Å². The molecular formula is C23H19N5O4. The second-order valence-corrected chi connectivity index (χ2v) is 6.88. The van der Waals surface area contributed by atoms with Gasteiger partial charge in [0.05, 0.1) is 5.52 Å². The molecule has 0 atom stereocenters. The second kappa shape index (κ2) is 8.52. The summed E-state index contributed by atoms with van der Waals surface area (Å²) in [6.07, 6.45) is 0. The van der Waals surface area contributed by atoms with Crippen LogP contribution in [0.2, 0.25) is 0 Å². The fraction of sp³-hybridized carbons (Fsp3) is 0. The maximum absolute atomic E-state index is 12.7. The van der Waals surface area contributed by atoms with Crippen LogP contribution in [-0.4, -0.2) is 26.7 Å². The highest BCUT2D eigenvalue weighted by atomic mass is 16.5. The van der Waals surface area contributed by atoms with E-state index in [9.17, 15) is 4.79 Å². The highest BCUT2D eigenvalue weighted by Crippen LogP contribution is 2.27. The van der Waals surface area contributed by atoms with Crippen LogP contribution >= 0.6 is 0 Å². The zero-order valence-electron chi connectivity index (χ0n) is 16.7. The molecule has 0 aliphatic rings. The van der Waals surface area contributed by atoms with Crippen LogP contribution in [0.5, 0.6) is 11.5 Å². The van der Waals surface area contributed by atoms with Gasteiger partial charge in [-0.3, -0.25) is 9.36 Å². The van der Waals surface area contributed by atoms with Crippen molar-refractivity contribution in [3.8, 4) is 17.2 Å². The molecule has 0 saturated carbocycles. The highest BCUT2D eigenvalue weighted by molar-refractivity contribution is 5.98. The first kappa shape index (κ1) is 20.5. The first-order valence-electron chi connectivity index (χ1n) is 9.50. The van der Waals surface area contributed by atoms with Crippen molar-refractivity contribution in [2.24, 2.45) is 21.8 Å². The van der Waals surface area contributed by atoms with Crippen LogP contribution in [0.4, 0.5) is 0 Å². The molecule has 1 heterocycles. The number of oxime groups is 2. The number of nitrogens with zero attached hydrogens (tertiary/aromatic N) is 3. The summed E-state index contributed by atoms with van der Waals surface area (Å²) in [5.74, 6) is 0.982. The lowest BCUT2D eigenvalue weighted by Crippen LogP contribution is -2.19. The van der Waals surface area contributed by atoms with Gasteiger partial charge in [0.25, 0.3) is 5.56 Å². The maximum Gasteiger partial charge on any atom is 0.255 e. The van der Waals surface area contributed by atoms with E-state index in [1.54, 1.807) is 72.8 Å². The number of nitrogens with two attached hydrogens (primary N) is 2. The van der Waals surface area contributed by atoms with Crippen LogP contribution in [0.3, 0.4) is 0 Å². The average Bonchev–Trinajstić information content (AvgIpc) is 2.83. The van der Waals surface area contributed by atoms with Gasteiger partial charge in [-0.15, -0.1) is 0 Å². The summed E-state index contributed by atoms with van der Waals surface area (Å²) >= 11 is 0. The summed E-state index contributed by atoms with van der Waals surface area (Å²) < 4.78 is 7.46. The van der Waals surface area contributed by atoms with Gasteiger partial charge in [-0.25, -0.2) is 0 Å². The van der Waals surface area contributed by atoms with Gasteiger partial charge in [0.15, 0.2) is 11.7 Å². The largest absolute Gasteiger partial charge is 0.457 e. The third-order valence-corrected chi connectivity index (χ3v) is 4.85. The molecule has 0 unspecified atom stereocenters. The smallest absolute Gasteiger partial charge is 0.255 e. The third-order valence-electron chi connectivity index (χ3n) is 4.85. The van der Waals surface area contributed by atoms with Crippen molar-refractivity contribution in [3.63, 3.8) is 0 Å². The zero-order valence-corrected chi connectivity index (χ0v) is 16.7. The van der Waals surface area contributed by atoms with Gasteiger partial charge in [-0.05, 0) is 48.5 Å². The Morgan fingerprint density at radius 2 is 1.44 bits per heavy atom. The Morgan fingerprint density at radius 1 is 0.781 bits per heavy atom. The normalized spacial score (nSPS) is 12.1. The van der Waals surface area contributed by atoms with E-state index < -0.39 is 0 Å². The summed E-state index contributed by atoms with van der Waals surface area (Å²) in [5, 5.41) is 24.6. The Morgan fingerprint density at radius 3 is 2.16 bits per heavy atom. The number of rotatable bonds is 5. The Labute approximate surface area is 182 Å². The van der Waals surface area contributed by atoms with E-state index in [2.05, 4.69) is 10.3 Å². The predicted molar refractivity (Wildman–Crippen MR) is 121 cm³/mol. The van der Waals surface area contributed by atoms with Crippen molar-refractivity contribution >= 4 is 22.6 Å². The van der Waals surface area contributed by atoms with E-state index in [-0.39, 0.29) is 17.2 Å². The molecule has 6 N–H and O–H groups in total. The molecule has 9 heteroatoms. The fourth-order valence-corrected chi connectivity index (χ4v) is 3.33. The second-order valence-electron chi connectivity index (χ2n) is 6.88. The van der Waals surface area contributed by atoms with Crippen molar-refractivity contribution in [2.75, 3.05) is 0 Å². The van der Waals surface area contributed by atoms with Crippen molar-refractivity contribution in [3.05, 3.63) is 100 Å². The number of fused-ring (bicyclic) bond motifs is 1.